The van der Waals surface area contributed by atoms with E-state index in [9.17, 15) is 0 Å². The number of hydrogen-bond donors (Lipinski definition) is 2. The van der Waals surface area contributed by atoms with Gasteiger partial charge in [0, 0.05) is 18.1 Å². The van der Waals surface area contributed by atoms with Crippen LogP contribution in [-0.4, -0.2) is 18.1 Å². The van der Waals surface area contributed by atoms with E-state index in [-0.39, 0.29) is 0 Å². The van der Waals surface area contributed by atoms with Crippen molar-refractivity contribution in [3.63, 3.8) is 0 Å². The Labute approximate surface area is 99.4 Å². The molecule has 0 bridgehead atoms. The van der Waals surface area contributed by atoms with Gasteiger partial charge in [0.15, 0.2) is 0 Å². The fourth-order valence-corrected chi connectivity index (χ4v) is 4.48. The van der Waals surface area contributed by atoms with Crippen molar-refractivity contribution in [2.24, 2.45) is 23.5 Å². The summed E-state index contributed by atoms with van der Waals surface area (Å²) in [4.78, 5) is 0. The Morgan fingerprint density at radius 1 is 0.938 bits per heavy atom. The molecule has 16 heavy (non-hydrogen) atoms. The van der Waals surface area contributed by atoms with E-state index in [1.165, 1.54) is 44.9 Å². The highest BCUT2D eigenvalue weighted by molar-refractivity contribution is 5.02. The van der Waals surface area contributed by atoms with Crippen LogP contribution in [0.5, 0.6) is 0 Å². The topological polar surface area (TPSA) is 38.0 Å². The van der Waals surface area contributed by atoms with Crippen LogP contribution in [0.4, 0.5) is 0 Å². The number of nitrogens with one attached hydrogen (secondary N) is 1. The average molecular weight is 222 g/mol. The van der Waals surface area contributed by atoms with Gasteiger partial charge in [-0.15, -0.1) is 0 Å². The first-order chi connectivity index (χ1) is 7.75. The van der Waals surface area contributed by atoms with Gasteiger partial charge in [-0.05, 0) is 43.4 Å². The van der Waals surface area contributed by atoms with E-state index in [1.54, 1.807) is 0 Å². The molecule has 1 heterocycles. The van der Waals surface area contributed by atoms with Gasteiger partial charge in [-0.2, -0.15) is 0 Å². The number of rotatable bonds is 0. The summed E-state index contributed by atoms with van der Waals surface area (Å²) in [7, 11) is 0. The van der Waals surface area contributed by atoms with Crippen molar-refractivity contribution >= 4 is 0 Å². The second kappa shape index (κ2) is 4.30. The van der Waals surface area contributed by atoms with Crippen LogP contribution in [0.15, 0.2) is 0 Å². The minimum absolute atomic E-state index is 0.490. The van der Waals surface area contributed by atoms with E-state index in [4.69, 9.17) is 5.73 Å². The minimum atomic E-state index is 0.490. The van der Waals surface area contributed by atoms with E-state index in [0.717, 1.165) is 29.8 Å². The van der Waals surface area contributed by atoms with E-state index >= 15 is 0 Å². The first kappa shape index (κ1) is 11.0. The van der Waals surface area contributed by atoms with Crippen LogP contribution >= 0.6 is 0 Å². The molecule has 0 aromatic carbocycles. The fourth-order valence-electron chi connectivity index (χ4n) is 4.48. The standard InChI is InChI=1S/C14H26N2/c1-9-6-7-11-13(8-9)16-12-5-3-2-4-10(12)14(11)15/h9-14,16H,2-8,15H2,1H3. The maximum absolute atomic E-state index is 6.55. The third-order valence-electron chi connectivity index (χ3n) is 5.40. The van der Waals surface area contributed by atoms with E-state index in [2.05, 4.69) is 12.2 Å². The van der Waals surface area contributed by atoms with Crippen LogP contribution < -0.4 is 11.1 Å². The first-order valence-corrected chi connectivity index (χ1v) is 7.27. The molecule has 0 amide bonds. The van der Waals surface area contributed by atoms with Gasteiger partial charge in [0.1, 0.15) is 0 Å². The van der Waals surface area contributed by atoms with Gasteiger partial charge in [-0.3, -0.25) is 0 Å². The summed E-state index contributed by atoms with van der Waals surface area (Å²) in [5.74, 6) is 2.46. The highest BCUT2D eigenvalue weighted by Gasteiger charge is 2.44. The van der Waals surface area contributed by atoms with Gasteiger partial charge < -0.3 is 11.1 Å². The molecule has 2 aliphatic carbocycles. The molecule has 1 saturated heterocycles. The molecule has 2 saturated carbocycles. The number of hydrogen-bond acceptors (Lipinski definition) is 2. The lowest BCUT2D eigenvalue weighted by Crippen LogP contribution is -2.64. The van der Waals surface area contributed by atoms with E-state index in [1.807, 2.05) is 0 Å². The van der Waals surface area contributed by atoms with Crippen molar-refractivity contribution in [3.8, 4) is 0 Å². The highest BCUT2D eigenvalue weighted by atomic mass is 15.0. The minimum Gasteiger partial charge on any atom is -0.327 e. The monoisotopic (exact) mass is 222 g/mol. The maximum atomic E-state index is 6.55. The summed E-state index contributed by atoms with van der Waals surface area (Å²) >= 11 is 0. The molecule has 3 aliphatic rings. The Morgan fingerprint density at radius 2 is 1.69 bits per heavy atom. The van der Waals surface area contributed by atoms with Crippen molar-refractivity contribution in [2.75, 3.05) is 0 Å². The summed E-state index contributed by atoms with van der Waals surface area (Å²) in [5.41, 5.74) is 6.55. The molecular weight excluding hydrogens is 196 g/mol. The van der Waals surface area contributed by atoms with Gasteiger partial charge in [0.05, 0.1) is 0 Å². The highest BCUT2D eigenvalue weighted by Crippen LogP contribution is 2.40. The second-order valence-electron chi connectivity index (χ2n) is 6.49. The Morgan fingerprint density at radius 3 is 2.56 bits per heavy atom. The van der Waals surface area contributed by atoms with E-state index in [0.29, 0.717) is 6.04 Å². The summed E-state index contributed by atoms with van der Waals surface area (Å²) in [6.07, 6.45) is 9.68. The molecule has 0 aromatic rings. The third-order valence-corrected chi connectivity index (χ3v) is 5.40. The largest absolute Gasteiger partial charge is 0.327 e. The Hall–Kier alpha value is -0.0800. The molecule has 1 aliphatic heterocycles. The van der Waals surface area contributed by atoms with Crippen LogP contribution in [0, 0.1) is 17.8 Å². The molecule has 0 spiro atoms. The zero-order chi connectivity index (χ0) is 11.1. The molecule has 3 N–H and O–H groups in total. The molecule has 3 fully saturated rings. The predicted molar refractivity (Wildman–Crippen MR) is 67.2 cm³/mol. The average Bonchev–Trinajstić information content (AvgIpc) is 2.29. The van der Waals surface area contributed by atoms with Crippen LogP contribution in [0.3, 0.4) is 0 Å². The molecule has 2 heteroatoms. The van der Waals surface area contributed by atoms with Gasteiger partial charge in [-0.25, -0.2) is 0 Å². The molecule has 0 aromatic heterocycles. The number of piperidine rings is 1. The molecule has 6 unspecified atom stereocenters. The summed E-state index contributed by atoms with van der Waals surface area (Å²) in [6.45, 7) is 2.40. The molecule has 6 atom stereocenters. The van der Waals surface area contributed by atoms with Crippen molar-refractivity contribution in [3.05, 3.63) is 0 Å². The summed E-state index contributed by atoms with van der Waals surface area (Å²) < 4.78 is 0. The quantitative estimate of drug-likeness (QED) is 0.660. The summed E-state index contributed by atoms with van der Waals surface area (Å²) in [6, 6.07) is 1.97. The molecule has 0 radical (unpaired) electrons. The lowest BCUT2D eigenvalue weighted by atomic mass is 9.65. The molecular formula is C14H26N2. The normalized spacial score (nSPS) is 52.9. The van der Waals surface area contributed by atoms with Crippen molar-refractivity contribution in [1.29, 1.82) is 0 Å². The van der Waals surface area contributed by atoms with Crippen molar-refractivity contribution in [1.82, 2.24) is 5.32 Å². The molecule has 92 valence electrons. The Bertz CT molecular complexity index is 251. The first-order valence-electron chi connectivity index (χ1n) is 7.27. The summed E-state index contributed by atoms with van der Waals surface area (Å²) in [5, 5.41) is 3.94. The number of fused-ring (bicyclic) bond motifs is 2. The lowest BCUT2D eigenvalue weighted by molar-refractivity contribution is 0.0575. The van der Waals surface area contributed by atoms with Crippen molar-refractivity contribution in [2.45, 2.75) is 70.0 Å². The Kier molecular flexibility index (Phi) is 2.97. The third kappa shape index (κ3) is 1.80. The lowest BCUT2D eigenvalue weighted by Gasteiger charge is -2.51. The van der Waals surface area contributed by atoms with E-state index < -0.39 is 0 Å². The van der Waals surface area contributed by atoms with Gasteiger partial charge in [0.25, 0.3) is 0 Å². The van der Waals surface area contributed by atoms with Crippen LogP contribution in [0.25, 0.3) is 0 Å². The van der Waals surface area contributed by atoms with Crippen LogP contribution in [0.1, 0.15) is 51.9 Å². The van der Waals surface area contributed by atoms with Gasteiger partial charge in [0.2, 0.25) is 0 Å². The fraction of sp³-hybridized carbons (Fsp3) is 1.00. The second-order valence-corrected chi connectivity index (χ2v) is 6.49. The zero-order valence-corrected chi connectivity index (χ0v) is 10.5. The van der Waals surface area contributed by atoms with Gasteiger partial charge >= 0.3 is 0 Å². The number of nitrogens with two attached hydrogens (primary N) is 1. The Balaban J connectivity index is 1.75. The SMILES string of the molecule is CC1CCC2C(C1)NC1CCCCC1C2N. The van der Waals surface area contributed by atoms with Gasteiger partial charge in [-0.1, -0.05) is 26.2 Å². The zero-order valence-electron chi connectivity index (χ0n) is 10.5. The van der Waals surface area contributed by atoms with Crippen molar-refractivity contribution < 1.29 is 0 Å². The molecule has 2 nitrogen and oxygen atoms in total. The smallest absolute Gasteiger partial charge is 0.0125 e. The van der Waals surface area contributed by atoms with Crippen LogP contribution in [-0.2, 0) is 0 Å². The van der Waals surface area contributed by atoms with Crippen LogP contribution in [0.2, 0.25) is 0 Å². The maximum Gasteiger partial charge on any atom is 0.0125 e. The predicted octanol–water partition coefficient (Wildman–Crippen LogP) is 2.28. The molecule has 3 rings (SSSR count).